The molecule has 2 saturated heterocycles. The number of likely N-dealkylation sites (tertiary alicyclic amines) is 1. The SMILES string of the molecule is CC(=O)N1CCc2c(c(N3CCCc4cc(-c5cn(C)c6ccncc56)c(C(F)F)cc43)nn2C2CCN(C(=O)COc3cccc(N4CCC(=O)NC4=O)c3C)CC2)C1. The van der Waals surface area contributed by atoms with Crippen molar-refractivity contribution in [2.24, 2.45) is 7.05 Å². The summed E-state index contributed by atoms with van der Waals surface area (Å²) in [5.74, 6) is 0.679. The van der Waals surface area contributed by atoms with Crippen LogP contribution in [0.2, 0.25) is 0 Å². The Morgan fingerprint density at radius 1 is 0.950 bits per heavy atom. The van der Waals surface area contributed by atoms with E-state index in [0.717, 1.165) is 46.1 Å². The molecule has 0 bridgehead atoms. The van der Waals surface area contributed by atoms with Gasteiger partial charge in [-0.05, 0) is 74.1 Å². The van der Waals surface area contributed by atoms with Crippen LogP contribution in [0.15, 0.2) is 55.0 Å². The number of urea groups is 1. The number of imide groups is 1. The number of hydrogen-bond acceptors (Lipinski definition) is 8. The summed E-state index contributed by atoms with van der Waals surface area (Å²) in [7, 11) is 1.91. The molecule has 0 unspecified atom stereocenters. The summed E-state index contributed by atoms with van der Waals surface area (Å²) < 4.78 is 40.2. The third-order valence-corrected chi connectivity index (χ3v) is 12.6. The van der Waals surface area contributed by atoms with Crippen molar-refractivity contribution >= 4 is 51.8 Å². The second-order valence-electron chi connectivity index (χ2n) is 16.1. The lowest BCUT2D eigenvalue weighted by atomic mass is 9.91. The van der Waals surface area contributed by atoms with Crippen molar-refractivity contribution < 1.29 is 32.7 Å². The van der Waals surface area contributed by atoms with Crippen molar-refractivity contribution in [1.29, 1.82) is 0 Å². The largest absolute Gasteiger partial charge is 0.483 e. The van der Waals surface area contributed by atoms with E-state index in [2.05, 4.69) is 19.9 Å². The van der Waals surface area contributed by atoms with Gasteiger partial charge in [0.15, 0.2) is 12.4 Å². The van der Waals surface area contributed by atoms with Crippen LogP contribution in [0.25, 0.3) is 22.0 Å². The summed E-state index contributed by atoms with van der Waals surface area (Å²) in [6, 6.07) is 10.2. The molecule has 5 aromatic rings. The van der Waals surface area contributed by atoms with E-state index in [4.69, 9.17) is 9.84 Å². The Bertz CT molecular complexity index is 2540. The number of carbonyl (C=O) groups is 4. The van der Waals surface area contributed by atoms with Gasteiger partial charge in [-0.25, -0.2) is 13.6 Å². The lowest BCUT2D eigenvalue weighted by molar-refractivity contribution is -0.134. The van der Waals surface area contributed by atoms with Crippen LogP contribution in [0.5, 0.6) is 5.75 Å². The number of alkyl halides is 2. The first kappa shape index (κ1) is 39.2. The van der Waals surface area contributed by atoms with Crippen LogP contribution in [0.3, 0.4) is 0 Å². The van der Waals surface area contributed by atoms with Crippen LogP contribution in [0, 0.1) is 6.92 Å². The first-order valence-electron chi connectivity index (χ1n) is 20.6. The fraction of sp³-hybridized carbons (Fsp3) is 0.409. The van der Waals surface area contributed by atoms with E-state index < -0.39 is 12.5 Å². The third-order valence-electron chi connectivity index (χ3n) is 12.6. The summed E-state index contributed by atoms with van der Waals surface area (Å²) in [6.07, 6.45) is 6.26. The Kier molecular flexibility index (Phi) is 10.2. The number of nitrogens with one attached hydrogen (secondary N) is 1. The molecule has 4 aliphatic heterocycles. The number of rotatable bonds is 8. The number of ether oxygens (including phenoxy) is 1. The van der Waals surface area contributed by atoms with E-state index in [1.165, 1.54) is 4.90 Å². The van der Waals surface area contributed by atoms with Crippen LogP contribution < -0.4 is 19.9 Å². The highest BCUT2D eigenvalue weighted by Crippen LogP contribution is 2.45. The topological polar surface area (TPSA) is 138 Å². The molecule has 60 heavy (non-hydrogen) atoms. The molecular formula is C44H47F2N9O5. The summed E-state index contributed by atoms with van der Waals surface area (Å²) in [6.45, 7) is 5.99. The average molecular weight is 820 g/mol. The summed E-state index contributed by atoms with van der Waals surface area (Å²) in [5.41, 5.74) is 7.05. The number of hydrogen-bond donors (Lipinski definition) is 1. The molecule has 16 heteroatoms. The van der Waals surface area contributed by atoms with Crippen molar-refractivity contribution in [3.63, 3.8) is 0 Å². The van der Waals surface area contributed by atoms with Gasteiger partial charge < -0.3 is 24.0 Å². The van der Waals surface area contributed by atoms with Crippen molar-refractivity contribution in [2.45, 2.75) is 71.4 Å². The monoisotopic (exact) mass is 819 g/mol. The summed E-state index contributed by atoms with van der Waals surface area (Å²) >= 11 is 0. The first-order valence-corrected chi connectivity index (χ1v) is 20.6. The molecule has 7 heterocycles. The van der Waals surface area contributed by atoms with Crippen LogP contribution in [0.4, 0.5) is 30.8 Å². The van der Waals surface area contributed by atoms with Gasteiger partial charge in [-0.1, -0.05) is 6.07 Å². The molecular weight excluding hydrogens is 773 g/mol. The zero-order valence-electron chi connectivity index (χ0n) is 33.9. The predicted octanol–water partition coefficient (Wildman–Crippen LogP) is 6.36. The van der Waals surface area contributed by atoms with Crippen LogP contribution in [0.1, 0.15) is 73.0 Å². The molecule has 312 valence electrons. The lowest BCUT2D eigenvalue weighted by Gasteiger charge is -2.34. The Labute approximate surface area is 345 Å². The Hall–Kier alpha value is -6.32. The minimum absolute atomic E-state index is 0.00826. The molecule has 0 atom stereocenters. The molecule has 14 nitrogen and oxygen atoms in total. The molecule has 2 fully saturated rings. The Balaban J connectivity index is 0.955. The number of carbonyl (C=O) groups excluding carboxylic acids is 4. The average Bonchev–Trinajstić information content (AvgIpc) is 3.80. The molecule has 0 aliphatic carbocycles. The van der Waals surface area contributed by atoms with Gasteiger partial charge in [-0.3, -0.25) is 34.3 Å². The van der Waals surface area contributed by atoms with E-state index in [1.54, 1.807) is 48.5 Å². The first-order chi connectivity index (χ1) is 29.0. The molecule has 4 aliphatic rings. The molecule has 0 saturated carbocycles. The second kappa shape index (κ2) is 15.7. The van der Waals surface area contributed by atoms with E-state index in [1.807, 2.05) is 41.8 Å². The number of piperidine rings is 1. The second-order valence-corrected chi connectivity index (χ2v) is 16.1. The molecule has 9 rings (SSSR count). The van der Waals surface area contributed by atoms with Crippen molar-refractivity contribution in [1.82, 2.24) is 34.4 Å². The molecule has 2 aromatic carbocycles. The van der Waals surface area contributed by atoms with Gasteiger partial charge in [-0.2, -0.15) is 5.10 Å². The number of anilines is 3. The zero-order chi connectivity index (χ0) is 41.8. The summed E-state index contributed by atoms with van der Waals surface area (Å²) in [5, 5.41) is 8.43. The zero-order valence-corrected chi connectivity index (χ0v) is 33.9. The van der Waals surface area contributed by atoms with Gasteiger partial charge in [0.2, 0.25) is 11.8 Å². The van der Waals surface area contributed by atoms with Gasteiger partial charge in [0.1, 0.15) is 5.75 Å². The van der Waals surface area contributed by atoms with Crippen LogP contribution in [-0.2, 0) is 40.8 Å². The maximum absolute atomic E-state index is 15.1. The van der Waals surface area contributed by atoms with Gasteiger partial charge in [0, 0.05) is 117 Å². The fourth-order valence-electron chi connectivity index (χ4n) is 9.38. The molecule has 5 amide bonds. The number of nitrogens with zero attached hydrogens (tertiary/aromatic N) is 8. The smallest absolute Gasteiger partial charge is 0.328 e. The van der Waals surface area contributed by atoms with Crippen molar-refractivity contribution in [2.75, 3.05) is 49.1 Å². The van der Waals surface area contributed by atoms with E-state index in [0.29, 0.717) is 86.1 Å². The van der Waals surface area contributed by atoms with E-state index >= 15 is 8.78 Å². The molecule has 0 radical (unpaired) electrons. The van der Waals surface area contributed by atoms with Crippen molar-refractivity contribution in [3.05, 3.63) is 82.9 Å². The number of pyridine rings is 1. The van der Waals surface area contributed by atoms with Crippen LogP contribution in [-0.4, -0.2) is 92.2 Å². The quantitative estimate of drug-likeness (QED) is 0.191. The standard InChI is InChI=1S/C44H47F2N9O5/c1-26-35(54-19-13-40(57)48-44(54)59)7-4-8-39(26)60-25-41(58)51-16-10-29(11-17-51)55-37-12-18-52(27(2)56)24-34(37)43(49-55)53-15-5-6-28-20-30(31(42(45)46)21-38(28)53)33-23-50(3)36-9-14-47-22-32(33)36/h4,7-9,14,20-23,29,42H,5-6,10-13,15-19,24-25H2,1-3H3,(H,48,57,59). The van der Waals surface area contributed by atoms with E-state index in [-0.39, 0.29) is 48.9 Å². The maximum atomic E-state index is 15.1. The fourth-order valence-corrected chi connectivity index (χ4v) is 9.38. The normalized spacial score (nSPS) is 17.3. The minimum Gasteiger partial charge on any atom is -0.483 e. The summed E-state index contributed by atoms with van der Waals surface area (Å²) in [4.78, 5) is 61.8. The highest BCUT2D eigenvalue weighted by atomic mass is 19.3. The van der Waals surface area contributed by atoms with Crippen molar-refractivity contribution in [3.8, 4) is 16.9 Å². The number of halogens is 2. The van der Waals surface area contributed by atoms with Crippen LogP contribution >= 0.6 is 0 Å². The lowest BCUT2D eigenvalue weighted by Crippen LogP contribution is -2.49. The predicted molar refractivity (Wildman–Crippen MR) is 220 cm³/mol. The minimum atomic E-state index is -2.72. The number of aryl methyl sites for hydroxylation is 2. The Morgan fingerprint density at radius 3 is 2.53 bits per heavy atom. The molecule has 3 aromatic heterocycles. The van der Waals surface area contributed by atoms with Gasteiger partial charge in [0.05, 0.1) is 23.8 Å². The number of benzene rings is 2. The maximum Gasteiger partial charge on any atom is 0.328 e. The number of fused-ring (bicyclic) bond motifs is 3. The van der Waals surface area contributed by atoms with Gasteiger partial charge in [-0.15, -0.1) is 0 Å². The highest BCUT2D eigenvalue weighted by Gasteiger charge is 2.36. The number of amides is 5. The number of aromatic nitrogens is 4. The molecule has 1 N–H and O–H groups in total. The third kappa shape index (κ3) is 7.00. The van der Waals surface area contributed by atoms with Gasteiger partial charge in [0.25, 0.3) is 12.3 Å². The highest BCUT2D eigenvalue weighted by molar-refractivity contribution is 6.06. The van der Waals surface area contributed by atoms with E-state index in [9.17, 15) is 19.2 Å². The Morgan fingerprint density at radius 2 is 1.77 bits per heavy atom. The molecule has 0 spiro atoms. The van der Waals surface area contributed by atoms with Gasteiger partial charge >= 0.3 is 6.03 Å².